The standard InChI is InChI=1S/C23H27ClN2O/c1-15-7-8-16(2)23(12-15)25-17(3)21-13-20(9-10-22(21)24)26-11-5-6-19(14-26)18(4)27/h7-10,12-13,19H,5-6,11,14H2,1-4H3. The van der Waals surface area contributed by atoms with E-state index in [-0.39, 0.29) is 11.7 Å². The fourth-order valence-corrected chi connectivity index (χ4v) is 3.87. The highest BCUT2D eigenvalue weighted by molar-refractivity contribution is 6.34. The van der Waals surface area contributed by atoms with E-state index >= 15 is 0 Å². The van der Waals surface area contributed by atoms with Crippen LogP contribution in [0, 0.1) is 19.8 Å². The van der Waals surface area contributed by atoms with Gasteiger partial charge in [-0.3, -0.25) is 9.79 Å². The molecule has 1 aliphatic heterocycles. The quantitative estimate of drug-likeness (QED) is 0.616. The lowest BCUT2D eigenvalue weighted by molar-refractivity contribution is -0.120. The molecule has 27 heavy (non-hydrogen) atoms. The van der Waals surface area contributed by atoms with Crippen molar-refractivity contribution < 1.29 is 4.79 Å². The van der Waals surface area contributed by atoms with E-state index in [4.69, 9.17) is 16.6 Å². The minimum absolute atomic E-state index is 0.127. The minimum Gasteiger partial charge on any atom is -0.371 e. The van der Waals surface area contributed by atoms with E-state index in [1.54, 1.807) is 6.92 Å². The van der Waals surface area contributed by atoms with Crippen molar-refractivity contribution in [3.05, 3.63) is 58.1 Å². The molecule has 1 unspecified atom stereocenters. The number of anilines is 1. The normalized spacial score (nSPS) is 17.9. The van der Waals surface area contributed by atoms with E-state index in [0.29, 0.717) is 5.02 Å². The first-order valence-electron chi connectivity index (χ1n) is 9.53. The molecule has 1 saturated heterocycles. The number of benzene rings is 2. The van der Waals surface area contributed by atoms with Crippen LogP contribution in [0.2, 0.25) is 5.02 Å². The van der Waals surface area contributed by atoms with Crippen LogP contribution in [0.3, 0.4) is 0 Å². The molecule has 1 heterocycles. The third-order valence-corrected chi connectivity index (χ3v) is 5.68. The first-order chi connectivity index (χ1) is 12.8. The summed E-state index contributed by atoms with van der Waals surface area (Å²) >= 11 is 6.49. The second-order valence-electron chi connectivity index (χ2n) is 7.55. The van der Waals surface area contributed by atoms with Gasteiger partial charge in [-0.25, -0.2) is 0 Å². The van der Waals surface area contributed by atoms with Crippen molar-refractivity contribution in [1.82, 2.24) is 0 Å². The molecule has 0 bridgehead atoms. The average Bonchev–Trinajstić information content (AvgIpc) is 2.65. The molecule has 1 aliphatic rings. The lowest BCUT2D eigenvalue weighted by atomic mass is 9.94. The average molecular weight is 383 g/mol. The summed E-state index contributed by atoms with van der Waals surface area (Å²) in [5.74, 6) is 0.407. The number of hydrogen-bond acceptors (Lipinski definition) is 3. The first kappa shape index (κ1) is 19.6. The predicted octanol–water partition coefficient (Wildman–Crippen LogP) is 5.90. The zero-order valence-electron chi connectivity index (χ0n) is 16.6. The van der Waals surface area contributed by atoms with Gasteiger partial charge in [-0.1, -0.05) is 23.7 Å². The number of carbonyl (C=O) groups is 1. The van der Waals surface area contributed by atoms with Crippen LogP contribution in [0.1, 0.15) is 43.4 Å². The second-order valence-corrected chi connectivity index (χ2v) is 7.95. The monoisotopic (exact) mass is 382 g/mol. The molecule has 0 aliphatic carbocycles. The number of nitrogens with zero attached hydrogens (tertiary/aromatic N) is 2. The van der Waals surface area contributed by atoms with Crippen LogP contribution >= 0.6 is 11.6 Å². The summed E-state index contributed by atoms with van der Waals surface area (Å²) in [6.45, 7) is 9.59. The largest absolute Gasteiger partial charge is 0.371 e. The van der Waals surface area contributed by atoms with Crippen molar-refractivity contribution in [1.29, 1.82) is 0 Å². The Morgan fingerprint density at radius 2 is 1.93 bits per heavy atom. The van der Waals surface area contributed by atoms with Crippen molar-refractivity contribution >= 4 is 34.5 Å². The number of rotatable bonds is 4. The smallest absolute Gasteiger partial charge is 0.134 e. The molecule has 2 aromatic carbocycles. The van der Waals surface area contributed by atoms with Crippen molar-refractivity contribution in [2.24, 2.45) is 10.9 Å². The second kappa shape index (κ2) is 8.26. The van der Waals surface area contributed by atoms with Crippen LogP contribution in [0.5, 0.6) is 0 Å². The Morgan fingerprint density at radius 3 is 2.67 bits per heavy atom. The Balaban J connectivity index is 1.92. The summed E-state index contributed by atoms with van der Waals surface area (Å²) in [5.41, 5.74) is 6.26. The number of Topliss-reactive ketones (excluding diaryl/α,β-unsaturated/α-hetero) is 1. The Morgan fingerprint density at radius 1 is 1.15 bits per heavy atom. The third kappa shape index (κ3) is 4.59. The summed E-state index contributed by atoms with van der Waals surface area (Å²) < 4.78 is 0. The first-order valence-corrected chi connectivity index (χ1v) is 9.91. The number of ketones is 1. The van der Waals surface area contributed by atoms with Gasteiger partial charge in [-0.05, 0) is 75.9 Å². The van der Waals surface area contributed by atoms with Gasteiger partial charge in [0.1, 0.15) is 5.78 Å². The predicted molar refractivity (Wildman–Crippen MR) is 115 cm³/mol. The molecular formula is C23H27ClN2O. The molecule has 2 aromatic rings. The Labute approximate surface area is 167 Å². The number of carbonyl (C=O) groups excluding carboxylic acids is 1. The summed E-state index contributed by atoms with van der Waals surface area (Å²) in [5, 5.41) is 0.699. The van der Waals surface area contributed by atoms with Gasteiger partial charge in [-0.15, -0.1) is 0 Å². The fourth-order valence-electron chi connectivity index (χ4n) is 3.61. The van der Waals surface area contributed by atoms with Crippen LogP contribution in [-0.4, -0.2) is 24.6 Å². The molecular weight excluding hydrogens is 356 g/mol. The molecule has 3 rings (SSSR count). The molecule has 0 radical (unpaired) electrons. The van der Waals surface area contributed by atoms with Crippen LogP contribution in [0.4, 0.5) is 11.4 Å². The summed E-state index contributed by atoms with van der Waals surface area (Å²) in [4.78, 5) is 18.9. The van der Waals surface area contributed by atoms with Gasteiger partial charge < -0.3 is 4.90 Å². The van der Waals surface area contributed by atoms with Gasteiger partial charge >= 0.3 is 0 Å². The van der Waals surface area contributed by atoms with Crippen molar-refractivity contribution in [2.45, 2.75) is 40.5 Å². The van der Waals surface area contributed by atoms with E-state index < -0.39 is 0 Å². The van der Waals surface area contributed by atoms with Crippen molar-refractivity contribution in [2.75, 3.05) is 18.0 Å². The number of aliphatic imine (C=N–C) groups is 1. The van der Waals surface area contributed by atoms with Gasteiger partial charge in [0.25, 0.3) is 0 Å². The Hall–Kier alpha value is -2.13. The SMILES string of the molecule is CC(=O)C1CCCN(c2ccc(Cl)c(C(C)=Nc3cc(C)ccc3C)c2)C1. The summed E-state index contributed by atoms with van der Waals surface area (Å²) in [7, 11) is 0. The van der Waals surface area contributed by atoms with Gasteiger partial charge in [0, 0.05) is 41.0 Å². The van der Waals surface area contributed by atoms with Crippen molar-refractivity contribution in [3.63, 3.8) is 0 Å². The maximum Gasteiger partial charge on any atom is 0.134 e. The third-order valence-electron chi connectivity index (χ3n) is 5.35. The number of piperidine rings is 1. The van der Waals surface area contributed by atoms with Crippen LogP contribution < -0.4 is 4.90 Å². The van der Waals surface area contributed by atoms with Gasteiger partial charge in [0.2, 0.25) is 0 Å². The van der Waals surface area contributed by atoms with Gasteiger partial charge in [0.05, 0.1) is 5.69 Å². The highest BCUT2D eigenvalue weighted by Gasteiger charge is 2.23. The molecule has 0 N–H and O–H groups in total. The van der Waals surface area contributed by atoms with Crippen LogP contribution in [0.15, 0.2) is 41.4 Å². The molecule has 142 valence electrons. The number of aryl methyl sites for hydroxylation is 2. The molecule has 3 nitrogen and oxygen atoms in total. The maximum absolute atomic E-state index is 11.8. The molecule has 0 amide bonds. The number of hydrogen-bond donors (Lipinski definition) is 0. The zero-order valence-corrected chi connectivity index (χ0v) is 17.3. The fraction of sp³-hybridized carbons (Fsp3) is 0.391. The van der Waals surface area contributed by atoms with Crippen molar-refractivity contribution in [3.8, 4) is 0 Å². The Kier molecular flexibility index (Phi) is 6.01. The van der Waals surface area contributed by atoms with E-state index in [0.717, 1.165) is 54.1 Å². The molecule has 1 atom stereocenters. The lowest BCUT2D eigenvalue weighted by Gasteiger charge is -2.33. The highest BCUT2D eigenvalue weighted by Crippen LogP contribution is 2.29. The summed E-state index contributed by atoms with van der Waals surface area (Å²) in [6.07, 6.45) is 2.02. The highest BCUT2D eigenvalue weighted by atomic mass is 35.5. The minimum atomic E-state index is 0.127. The van der Waals surface area contributed by atoms with Crippen LogP contribution in [-0.2, 0) is 4.79 Å². The molecule has 0 aromatic heterocycles. The molecule has 0 saturated carbocycles. The van der Waals surface area contributed by atoms with E-state index in [9.17, 15) is 4.79 Å². The molecule has 4 heteroatoms. The van der Waals surface area contributed by atoms with Gasteiger partial charge in [-0.2, -0.15) is 0 Å². The van der Waals surface area contributed by atoms with Gasteiger partial charge in [0.15, 0.2) is 0 Å². The topological polar surface area (TPSA) is 32.7 Å². The Bertz CT molecular complexity index is 888. The summed E-state index contributed by atoms with van der Waals surface area (Å²) in [6, 6.07) is 12.4. The molecule has 0 spiro atoms. The number of halogens is 1. The van der Waals surface area contributed by atoms with E-state index in [1.807, 2.05) is 19.1 Å². The van der Waals surface area contributed by atoms with E-state index in [2.05, 4.69) is 43.0 Å². The maximum atomic E-state index is 11.8. The lowest BCUT2D eigenvalue weighted by Crippen LogP contribution is -2.38. The zero-order chi connectivity index (χ0) is 19.6. The molecule has 1 fully saturated rings. The van der Waals surface area contributed by atoms with Crippen LogP contribution in [0.25, 0.3) is 0 Å². The van der Waals surface area contributed by atoms with E-state index in [1.165, 1.54) is 5.56 Å².